The molecule has 2 heteroatoms. The second-order valence-corrected chi connectivity index (χ2v) is 9.94. The minimum Gasteiger partial charge on any atom is -0.255 e. The third-order valence-corrected chi connectivity index (χ3v) is 7.49. The topological polar surface area (TPSA) is 12.9 Å². The van der Waals surface area contributed by atoms with Gasteiger partial charge in [-0.05, 0) is 111 Å². The van der Waals surface area contributed by atoms with E-state index in [0.29, 0.717) is 21.9 Å². The van der Waals surface area contributed by atoms with Crippen molar-refractivity contribution in [2.24, 2.45) is 0 Å². The first-order valence-corrected chi connectivity index (χ1v) is 12.9. The molecule has 0 amide bonds. The minimum atomic E-state index is -2.73. The van der Waals surface area contributed by atoms with Gasteiger partial charge in [0.2, 0.25) is 0 Å². The minimum absolute atomic E-state index is 0.0814. The summed E-state index contributed by atoms with van der Waals surface area (Å²) in [6.07, 6.45) is 1.19. The molecule has 0 atom stereocenters. The average Bonchev–Trinajstić information content (AvgIpc) is 3.06. The molecule has 0 spiro atoms. The molecule has 0 aliphatic carbocycles. The Hall–Kier alpha value is -4.82. The highest BCUT2D eigenvalue weighted by Crippen LogP contribution is 2.39. The first-order chi connectivity index (χ1) is 23.1. The monoisotopic (exact) mass is 526 g/mol. The van der Waals surface area contributed by atoms with Crippen molar-refractivity contribution in [1.82, 2.24) is 4.98 Å². The molecule has 0 aliphatic rings. The summed E-state index contributed by atoms with van der Waals surface area (Å²) in [5.41, 5.74) is 1.69. The molecule has 0 saturated carbocycles. The molecule has 0 bridgehead atoms. The third-order valence-electron chi connectivity index (χ3n) is 7.49. The summed E-state index contributed by atoms with van der Waals surface area (Å²) in [5.74, 6) is -0.540. The van der Waals surface area contributed by atoms with Gasteiger partial charge in [-0.1, -0.05) is 78.9 Å². The van der Waals surface area contributed by atoms with Crippen molar-refractivity contribution in [3.8, 4) is 33.5 Å². The summed E-state index contributed by atoms with van der Waals surface area (Å²) in [7, 11) is 0. The molecular weight excluding hydrogens is 489 g/mol. The van der Waals surface area contributed by atoms with Crippen LogP contribution in [-0.2, 0) is 0 Å². The van der Waals surface area contributed by atoms with E-state index in [1.54, 1.807) is 24.3 Å². The lowest BCUT2D eigenvalue weighted by atomic mass is 9.89. The maximum absolute atomic E-state index is 15.7. The van der Waals surface area contributed by atoms with Gasteiger partial charge in [-0.2, -0.15) is 0 Å². The van der Waals surface area contributed by atoms with Crippen LogP contribution in [0.2, 0.25) is 0 Å². The highest BCUT2D eigenvalue weighted by atomic mass is 19.1. The second-order valence-electron chi connectivity index (χ2n) is 9.94. The number of fused-ring (bicyclic) bond motifs is 4. The van der Waals surface area contributed by atoms with Gasteiger partial charge < -0.3 is 0 Å². The highest BCUT2D eigenvalue weighted by Gasteiger charge is 2.16. The number of rotatable bonds is 3. The Morgan fingerprint density at radius 2 is 1.27 bits per heavy atom. The molecule has 1 nitrogen and oxygen atoms in total. The summed E-state index contributed by atoms with van der Waals surface area (Å²) in [5, 5.41) is 2.82. The molecule has 6 aromatic carbocycles. The van der Waals surface area contributed by atoms with Crippen molar-refractivity contribution in [2.75, 3.05) is 0 Å². The lowest BCUT2D eigenvalue weighted by Crippen LogP contribution is -1.95. The Morgan fingerprint density at radius 1 is 0.550 bits per heavy atom. The summed E-state index contributed by atoms with van der Waals surface area (Å²) < 4.78 is 91.8. The number of benzene rings is 6. The van der Waals surface area contributed by atoms with Gasteiger partial charge in [-0.15, -0.1) is 0 Å². The molecule has 0 N–H and O–H groups in total. The van der Waals surface area contributed by atoms with Gasteiger partial charge in [0.25, 0.3) is 0 Å². The maximum Gasteiger partial charge on any atom is 0.131 e. The zero-order valence-corrected chi connectivity index (χ0v) is 21.3. The normalized spacial score (nSPS) is 15.8. The summed E-state index contributed by atoms with van der Waals surface area (Å²) in [6, 6.07) is 31.0. The van der Waals surface area contributed by atoms with Gasteiger partial charge in [0.1, 0.15) is 5.82 Å². The van der Waals surface area contributed by atoms with Crippen molar-refractivity contribution < 1.29 is 16.7 Å². The maximum atomic E-state index is 15.7. The number of halogens is 1. The van der Waals surface area contributed by atoms with Crippen molar-refractivity contribution in [2.45, 2.75) is 20.6 Å². The second kappa shape index (κ2) is 9.43. The van der Waals surface area contributed by atoms with Crippen LogP contribution < -0.4 is 0 Å². The lowest BCUT2D eigenvalue weighted by molar-refractivity contribution is 0.640. The Balaban J connectivity index is 1.57. The predicted molar refractivity (Wildman–Crippen MR) is 167 cm³/mol. The zero-order valence-electron chi connectivity index (χ0n) is 30.3. The van der Waals surface area contributed by atoms with Crippen LogP contribution in [0.5, 0.6) is 0 Å². The SMILES string of the molecule is [2H]C([2H])([2H])c1cc(-c2ncc(C([2H])([2H])[2H])c3c2ccc2c(F)cc(-c4ccccc4)cc23)cc(C([2H])([2H])[2H])c1-c1ccc2ccccc2c1. The van der Waals surface area contributed by atoms with Crippen molar-refractivity contribution in [3.63, 3.8) is 0 Å². The van der Waals surface area contributed by atoms with Gasteiger partial charge in [0.15, 0.2) is 0 Å². The highest BCUT2D eigenvalue weighted by molar-refractivity contribution is 6.13. The fourth-order valence-electron chi connectivity index (χ4n) is 5.60. The third kappa shape index (κ3) is 3.96. The number of hydrogen-bond donors (Lipinski definition) is 0. The quantitative estimate of drug-likeness (QED) is 0.209. The van der Waals surface area contributed by atoms with E-state index in [4.69, 9.17) is 12.3 Å². The van der Waals surface area contributed by atoms with E-state index < -0.39 is 26.4 Å². The molecule has 7 aromatic rings. The number of hydrogen-bond acceptors (Lipinski definition) is 1. The van der Waals surface area contributed by atoms with Crippen LogP contribution in [0.4, 0.5) is 4.39 Å². The molecular formula is C38H28FN. The Bertz CT molecular complexity index is 2380. The molecule has 192 valence electrons. The van der Waals surface area contributed by atoms with Crippen LogP contribution in [0.1, 0.15) is 29.0 Å². The van der Waals surface area contributed by atoms with E-state index in [9.17, 15) is 0 Å². The van der Waals surface area contributed by atoms with Crippen LogP contribution in [0, 0.1) is 26.4 Å². The number of aryl methyl sites for hydroxylation is 3. The van der Waals surface area contributed by atoms with Crippen LogP contribution in [0.3, 0.4) is 0 Å². The molecule has 1 aromatic heterocycles. The molecule has 0 unspecified atom stereocenters. The molecule has 7 rings (SSSR count). The van der Waals surface area contributed by atoms with Gasteiger partial charge in [-0.3, -0.25) is 4.98 Å². The standard InChI is InChI=1S/C38H28FN/c1-23-17-31(18-24(2)36(23)29-14-13-27-11-7-8-12-28(27)19-29)38-33-16-15-32-34(37(33)25(3)22-40-38)20-30(21-35(32)39)26-9-5-4-6-10-26/h4-22H,1-3H3/i1D3,2D3,3D3. The molecule has 40 heavy (non-hydrogen) atoms. The number of aromatic nitrogens is 1. The lowest BCUT2D eigenvalue weighted by Gasteiger charge is -2.16. The van der Waals surface area contributed by atoms with E-state index in [1.165, 1.54) is 30.5 Å². The number of pyridine rings is 1. The van der Waals surface area contributed by atoms with E-state index in [0.717, 1.165) is 16.3 Å². The Labute approximate surface area is 246 Å². The van der Waals surface area contributed by atoms with Crippen LogP contribution in [0.25, 0.3) is 65.8 Å². The Kier molecular flexibility index (Phi) is 3.85. The summed E-state index contributed by atoms with van der Waals surface area (Å²) >= 11 is 0. The number of nitrogens with zero attached hydrogens (tertiary/aromatic N) is 1. The molecule has 0 aliphatic heterocycles. The van der Waals surface area contributed by atoms with Crippen molar-refractivity contribution >= 4 is 32.3 Å². The van der Waals surface area contributed by atoms with Gasteiger partial charge in [0.05, 0.1) is 5.69 Å². The van der Waals surface area contributed by atoms with Crippen molar-refractivity contribution in [1.29, 1.82) is 0 Å². The van der Waals surface area contributed by atoms with Gasteiger partial charge in [-0.25, -0.2) is 4.39 Å². The fourth-order valence-corrected chi connectivity index (χ4v) is 5.60. The predicted octanol–water partition coefficient (Wildman–Crippen LogP) is 10.6. The summed E-state index contributed by atoms with van der Waals surface area (Å²) in [6.45, 7) is -8.09. The average molecular weight is 527 g/mol. The van der Waals surface area contributed by atoms with E-state index in [-0.39, 0.29) is 44.3 Å². The van der Waals surface area contributed by atoms with Crippen LogP contribution in [0.15, 0.2) is 115 Å². The molecule has 0 radical (unpaired) electrons. The van der Waals surface area contributed by atoms with Gasteiger partial charge in [0, 0.05) is 34.9 Å². The zero-order chi connectivity index (χ0) is 34.9. The first-order valence-electron chi connectivity index (χ1n) is 17.4. The first kappa shape index (κ1) is 16.3. The molecule has 1 heterocycles. The smallest absolute Gasteiger partial charge is 0.131 e. The summed E-state index contributed by atoms with van der Waals surface area (Å²) in [4.78, 5) is 4.52. The van der Waals surface area contributed by atoms with E-state index in [1.807, 2.05) is 60.7 Å². The molecule has 0 fully saturated rings. The van der Waals surface area contributed by atoms with Crippen molar-refractivity contribution in [3.05, 3.63) is 138 Å². The molecule has 0 saturated heterocycles. The largest absolute Gasteiger partial charge is 0.255 e. The Morgan fingerprint density at radius 3 is 2.05 bits per heavy atom. The van der Waals surface area contributed by atoms with Gasteiger partial charge >= 0.3 is 0 Å². The van der Waals surface area contributed by atoms with Crippen LogP contribution >= 0.6 is 0 Å². The van der Waals surface area contributed by atoms with E-state index in [2.05, 4.69) is 4.98 Å². The fraction of sp³-hybridized carbons (Fsp3) is 0.0789. The van der Waals surface area contributed by atoms with Crippen LogP contribution in [-0.4, -0.2) is 4.98 Å². The van der Waals surface area contributed by atoms with E-state index >= 15 is 4.39 Å².